The van der Waals surface area contributed by atoms with Gasteiger partial charge in [-0.25, -0.2) is 4.98 Å². The first-order chi connectivity index (χ1) is 16.0. The number of hydrogen-bond acceptors (Lipinski definition) is 9. The van der Waals surface area contributed by atoms with Crippen molar-refractivity contribution in [1.29, 1.82) is 0 Å². The van der Waals surface area contributed by atoms with Gasteiger partial charge in [0.25, 0.3) is 0 Å². The third-order valence-corrected chi connectivity index (χ3v) is 5.35. The molecule has 2 aromatic heterocycles. The van der Waals surface area contributed by atoms with E-state index in [1.807, 2.05) is 12.2 Å². The van der Waals surface area contributed by atoms with Crippen LogP contribution in [0.1, 0.15) is 30.9 Å². The summed E-state index contributed by atoms with van der Waals surface area (Å²) in [4.78, 5) is 11.9. The predicted molar refractivity (Wildman–Crippen MR) is 117 cm³/mol. The van der Waals surface area contributed by atoms with Crippen molar-refractivity contribution in [1.82, 2.24) is 15.0 Å². The number of alkyl halides is 3. The zero-order valence-corrected chi connectivity index (χ0v) is 18.8. The second kappa shape index (κ2) is 10.6. The molecule has 1 aliphatic carbocycles. The van der Waals surface area contributed by atoms with Crippen LogP contribution in [0.25, 0.3) is 0 Å². The Kier molecular flexibility index (Phi) is 8.04. The van der Waals surface area contributed by atoms with Crippen molar-refractivity contribution in [2.24, 2.45) is 5.92 Å². The summed E-state index contributed by atoms with van der Waals surface area (Å²) >= 11 is 6.21. The van der Waals surface area contributed by atoms with Crippen LogP contribution < -0.4 is 15.4 Å². The van der Waals surface area contributed by atoms with Crippen molar-refractivity contribution < 1.29 is 33.2 Å². The minimum absolute atomic E-state index is 0.0128. The highest BCUT2D eigenvalue weighted by molar-refractivity contribution is 6.31. The Morgan fingerprint density at radius 3 is 2.65 bits per heavy atom. The zero-order chi connectivity index (χ0) is 24.9. The van der Waals surface area contributed by atoms with Crippen molar-refractivity contribution in [2.75, 3.05) is 30.4 Å². The maximum Gasteiger partial charge on any atom is 0.405 e. The van der Waals surface area contributed by atoms with Crippen molar-refractivity contribution in [3.05, 3.63) is 34.6 Å². The highest BCUT2D eigenvalue weighted by atomic mass is 35.5. The molecule has 1 saturated carbocycles. The summed E-state index contributed by atoms with van der Waals surface area (Å²) in [6.45, 7) is 0.494. The van der Waals surface area contributed by atoms with Gasteiger partial charge in [-0.3, -0.25) is 0 Å². The van der Waals surface area contributed by atoms with Gasteiger partial charge in [-0.1, -0.05) is 23.4 Å². The first-order valence-electron chi connectivity index (χ1n) is 10.3. The number of nitrogens with zero attached hydrogens (tertiary/aromatic N) is 3. The van der Waals surface area contributed by atoms with Gasteiger partial charge in [-0.2, -0.15) is 23.1 Å². The fourth-order valence-corrected chi connectivity index (χ4v) is 3.57. The molecule has 2 aromatic rings. The summed E-state index contributed by atoms with van der Waals surface area (Å²) in [5.74, 6) is 4.72. The molecule has 0 bridgehead atoms. The van der Waals surface area contributed by atoms with E-state index in [-0.39, 0.29) is 29.6 Å². The van der Waals surface area contributed by atoms with Crippen LogP contribution in [0.15, 0.2) is 18.3 Å². The van der Waals surface area contributed by atoms with Gasteiger partial charge in [-0.15, -0.1) is 0 Å². The minimum atomic E-state index is -4.53. The molecule has 34 heavy (non-hydrogen) atoms. The second-order valence-corrected chi connectivity index (χ2v) is 7.93. The van der Waals surface area contributed by atoms with E-state index in [1.165, 1.54) is 6.20 Å². The molecule has 1 aliphatic rings. The summed E-state index contributed by atoms with van der Waals surface area (Å²) in [7, 11) is 0. The number of hydrogen-bond donors (Lipinski definition) is 5. The molecular formula is C21H23ClF3N5O4. The van der Waals surface area contributed by atoms with E-state index in [9.17, 15) is 28.5 Å². The van der Waals surface area contributed by atoms with E-state index in [0.29, 0.717) is 24.5 Å². The molecule has 184 valence electrons. The molecule has 3 unspecified atom stereocenters. The number of rotatable bonds is 7. The lowest BCUT2D eigenvalue weighted by Crippen LogP contribution is -2.48. The van der Waals surface area contributed by atoms with Gasteiger partial charge in [0.1, 0.15) is 18.2 Å². The molecule has 0 aromatic carbocycles. The second-order valence-electron chi connectivity index (χ2n) is 7.57. The van der Waals surface area contributed by atoms with Crippen molar-refractivity contribution in [3.8, 4) is 17.7 Å². The lowest BCUT2D eigenvalue weighted by Gasteiger charge is -2.30. The SMILES string of the molecule is CCOc1ccc(C#Cc2c(Cl)nc(NCC(F)(F)F)nc2NC2(O)CCC(CO)C2O)cn1. The number of aromatic nitrogens is 3. The number of ether oxygens (including phenoxy) is 1. The average Bonchev–Trinajstić information content (AvgIpc) is 3.06. The topological polar surface area (TPSA) is 133 Å². The maximum atomic E-state index is 12.6. The van der Waals surface area contributed by atoms with E-state index in [1.54, 1.807) is 12.1 Å². The number of aliphatic hydroxyl groups excluding tert-OH is 2. The summed E-state index contributed by atoms with van der Waals surface area (Å²) in [6, 6.07) is 3.26. The van der Waals surface area contributed by atoms with Crippen LogP contribution in [0.5, 0.6) is 5.88 Å². The molecular weight excluding hydrogens is 479 g/mol. The molecule has 2 heterocycles. The quantitative estimate of drug-likeness (QED) is 0.220. The minimum Gasteiger partial charge on any atom is -0.478 e. The van der Waals surface area contributed by atoms with Gasteiger partial charge in [0, 0.05) is 30.4 Å². The van der Waals surface area contributed by atoms with Gasteiger partial charge < -0.3 is 30.7 Å². The van der Waals surface area contributed by atoms with Gasteiger partial charge in [0.15, 0.2) is 16.7 Å². The Labute approximate surface area is 198 Å². The Morgan fingerprint density at radius 1 is 1.29 bits per heavy atom. The van der Waals surface area contributed by atoms with E-state index in [0.717, 1.165) is 0 Å². The van der Waals surface area contributed by atoms with Crippen molar-refractivity contribution >= 4 is 23.4 Å². The summed E-state index contributed by atoms with van der Waals surface area (Å²) in [5, 5.41) is 35.1. The molecule has 1 fully saturated rings. The molecule has 0 amide bonds. The Morgan fingerprint density at radius 2 is 2.06 bits per heavy atom. The Hall–Kier alpha value is -2.85. The van der Waals surface area contributed by atoms with E-state index >= 15 is 0 Å². The molecule has 0 saturated heterocycles. The van der Waals surface area contributed by atoms with Crippen LogP contribution in [0.4, 0.5) is 24.9 Å². The van der Waals surface area contributed by atoms with Gasteiger partial charge in [0.05, 0.1) is 6.61 Å². The molecule has 0 radical (unpaired) electrons. The molecule has 9 nitrogen and oxygen atoms in total. The van der Waals surface area contributed by atoms with Crippen molar-refractivity contribution in [2.45, 2.75) is 37.8 Å². The van der Waals surface area contributed by atoms with Gasteiger partial charge in [0.2, 0.25) is 11.8 Å². The largest absolute Gasteiger partial charge is 0.478 e. The number of pyridine rings is 1. The fourth-order valence-electron chi connectivity index (χ4n) is 3.35. The summed E-state index contributed by atoms with van der Waals surface area (Å²) in [5.41, 5.74) is -1.45. The Balaban J connectivity index is 1.96. The van der Waals surface area contributed by atoms with Crippen LogP contribution >= 0.6 is 11.6 Å². The smallest absolute Gasteiger partial charge is 0.405 e. The van der Waals surface area contributed by atoms with Crippen molar-refractivity contribution in [3.63, 3.8) is 0 Å². The van der Waals surface area contributed by atoms with Crippen LogP contribution in [0, 0.1) is 17.8 Å². The van der Waals surface area contributed by atoms with E-state index < -0.39 is 36.4 Å². The Bertz CT molecular complexity index is 1060. The predicted octanol–water partition coefficient (Wildman–Crippen LogP) is 2.16. The van der Waals surface area contributed by atoms with Gasteiger partial charge >= 0.3 is 6.18 Å². The zero-order valence-electron chi connectivity index (χ0n) is 18.0. The molecule has 3 rings (SSSR count). The van der Waals surface area contributed by atoms with Crippen LogP contribution in [0.2, 0.25) is 5.15 Å². The summed E-state index contributed by atoms with van der Waals surface area (Å²) < 4.78 is 43.2. The highest BCUT2D eigenvalue weighted by Gasteiger charge is 2.47. The third kappa shape index (κ3) is 6.38. The highest BCUT2D eigenvalue weighted by Crippen LogP contribution is 2.36. The standard InChI is InChI=1S/C21H23ClF3N5O4/c1-2-34-15-6-4-12(9-26-15)3-5-14-17(22)28-19(27-11-21(23,24)25)29-18(14)30-20(33)8-7-13(10-31)16(20)32/h4,6,9,13,16,31-33H,2,7-8,10-11H2,1H3,(H2,27,28,29,30). The fraction of sp³-hybridized carbons (Fsp3) is 0.476. The monoisotopic (exact) mass is 501 g/mol. The molecule has 0 spiro atoms. The third-order valence-electron chi connectivity index (χ3n) is 5.07. The molecule has 5 N–H and O–H groups in total. The molecule has 0 aliphatic heterocycles. The summed E-state index contributed by atoms with van der Waals surface area (Å²) in [6.07, 6.45) is -4.09. The lowest BCUT2D eigenvalue weighted by atomic mass is 10.0. The van der Waals surface area contributed by atoms with Crippen LogP contribution in [-0.2, 0) is 0 Å². The number of anilines is 2. The average molecular weight is 502 g/mol. The lowest BCUT2D eigenvalue weighted by molar-refractivity contribution is -0.115. The number of nitrogens with one attached hydrogen (secondary N) is 2. The maximum absolute atomic E-state index is 12.6. The van der Waals surface area contributed by atoms with Crippen LogP contribution in [0.3, 0.4) is 0 Å². The van der Waals surface area contributed by atoms with Crippen LogP contribution in [-0.4, -0.2) is 68.0 Å². The number of aliphatic hydroxyl groups is 3. The molecule has 13 heteroatoms. The van der Waals surface area contributed by atoms with Gasteiger partial charge in [-0.05, 0) is 25.8 Å². The first-order valence-corrected chi connectivity index (χ1v) is 10.7. The van der Waals surface area contributed by atoms with E-state index in [4.69, 9.17) is 16.3 Å². The number of halogens is 4. The first kappa shape index (κ1) is 25.8. The molecule has 3 atom stereocenters. The van der Waals surface area contributed by atoms with E-state index in [2.05, 4.69) is 32.1 Å². The normalized spacial score (nSPS) is 22.1.